The van der Waals surface area contributed by atoms with Gasteiger partial charge < -0.3 is 14.6 Å². The number of H-pyrrole nitrogens is 1. The molecule has 1 aliphatic carbocycles. The summed E-state index contributed by atoms with van der Waals surface area (Å²) in [4.78, 5) is 30.1. The van der Waals surface area contributed by atoms with E-state index in [4.69, 9.17) is 4.74 Å². The molecule has 1 fully saturated rings. The van der Waals surface area contributed by atoms with E-state index < -0.39 is 12.1 Å². The number of nitrogens with one attached hydrogen (secondary N) is 1. The normalized spacial score (nSPS) is 18.2. The fourth-order valence-electron chi connectivity index (χ4n) is 4.01. The van der Waals surface area contributed by atoms with E-state index >= 15 is 0 Å². The number of hydrogen-bond donors (Lipinski definition) is 1. The minimum atomic E-state index is -0.735. The summed E-state index contributed by atoms with van der Waals surface area (Å²) >= 11 is 0. The summed E-state index contributed by atoms with van der Waals surface area (Å²) < 4.78 is 5.44. The van der Waals surface area contributed by atoms with Gasteiger partial charge in [0, 0.05) is 29.7 Å². The maximum Gasteiger partial charge on any atom is 0.338 e. The number of rotatable bonds is 3. The van der Waals surface area contributed by atoms with Crippen molar-refractivity contribution < 1.29 is 14.3 Å². The van der Waals surface area contributed by atoms with Gasteiger partial charge in [0.15, 0.2) is 6.10 Å². The van der Waals surface area contributed by atoms with Crippen LogP contribution < -0.4 is 0 Å². The van der Waals surface area contributed by atoms with Gasteiger partial charge in [-0.25, -0.2) is 4.79 Å². The number of carbonyl (C=O) groups excluding carboxylic acids is 2. The first-order chi connectivity index (χ1) is 12.1. The Kier molecular flexibility index (Phi) is 4.24. The highest BCUT2D eigenvalue weighted by atomic mass is 16.5. The average Bonchev–Trinajstić information content (AvgIpc) is 3.28. The third kappa shape index (κ3) is 3.03. The van der Waals surface area contributed by atoms with Crippen molar-refractivity contribution in [2.45, 2.75) is 51.6 Å². The van der Waals surface area contributed by atoms with Crippen LogP contribution in [0.2, 0.25) is 0 Å². The molecule has 1 atom stereocenters. The van der Waals surface area contributed by atoms with E-state index in [1.807, 2.05) is 12.1 Å². The Hall–Kier alpha value is -2.30. The molecule has 1 amide bonds. The Morgan fingerprint density at radius 1 is 1.12 bits per heavy atom. The lowest BCUT2D eigenvalue weighted by molar-refractivity contribution is -0.138. The van der Waals surface area contributed by atoms with Crippen molar-refractivity contribution in [2.75, 3.05) is 13.1 Å². The van der Waals surface area contributed by atoms with E-state index in [1.165, 1.54) is 24.1 Å². The molecule has 0 spiro atoms. The van der Waals surface area contributed by atoms with Crippen LogP contribution in [0.4, 0.5) is 0 Å². The van der Waals surface area contributed by atoms with Gasteiger partial charge in [0.05, 0.1) is 5.56 Å². The monoisotopic (exact) mass is 340 g/mol. The van der Waals surface area contributed by atoms with Gasteiger partial charge in [-0.1, -0.05) is 0 Å². The van der Waals surface area contributed by atoms with Gasteiger partial charge in [0.2, 0.25) is 0 Å². The molecule has 25 heavy (non-hydrogen) atoms. The largest absolute Gasteiger partial charge is 0.449 e. The van der Waals surface area contributed by atoms with Crippen molar-refractivity contribution in [1.82, 2.24) is 9.88 Å². The Balaban J connectivity index is 1.52. The standard InChI is InChI=1S/C20H24N2O3/c1-13(19(23)22-10-4-5-11-22)25-20(24)14-8-9-18-16(12-14)15-6-2-3-7-17(15)21-18/h8-9,12-13,21H,2-7,10-11H2,1H3/t13-/m1/s1. The lowest BCUT2D eigenvalue weighted by Crippen LogP contribution is -2.38. The number of ether oxygens (including phenoxy) is 1. The molecule has 2 heterocycles. The number of nitrogens with zero attached hydrogens (tertiary/aromatic N) is 1. The number of carbonyl (C=O) groups is 2. The van der Waals surface area contributed by atoms with Crippen LogP contribution in [0.15, 0.2) is 18.2 Å². The third-order valence-corrected chi connectivity index (χ3v) is 5.38. The highest BCUT2D eigenvalue weighted by Gasteiger charge is 2.26. The Bertz CT molecular complexity index is 818. The molecule has 0 bridgehead atoms. The highest BCUT2D eigenvalue weighted by Crippen LogP contribution is 2.30. The smallest absolute Gasteiger partial charge is 0.338 e. The average molecular weight is 340 g/mol. The number of aromatic amines is 1. The zero-order chi connectivity index (χ0) is 17.4. The molecule has 0 unspecified atom stereocenters. The van der Waals surface area contributed by atoms with Gasteiger partial charge in [0.1, 0.15) is 0 Å². The molecule has 0 radical (unpaired) electrons. The molecule has 1 aromatic carbocycles. The number of aromatic nitrogens is 1. The van der Waals surface area contributed by atoms with Crippen molar-refractivity contribution in [3.63, 3.8) is 0 Å². The third-order valence-electron chi connectivity index (χ3n) is 5.38. The summed E-state index contributed by atoms with van der Waals surface area (Å²) in [5, 5.41) is 1.11. The van der Waals surface area contributed by atoms with Gasteiger partial charge in [-0.15, -0.1) is 0 Å². The van der Waals surface area contributed by atoms with E-state index in [1.54, 1.807) is 17.9 Å². The number of benzene rings is 1. The fourth-order valence-corrected chi connectivity index (χ4v) is 4.01. The van der Waals surface area contributed by atoms with Crippen molar-refractivity contribution in [2.24, 2.45) is 0 Å². The molecule has 1 aliphatic heterocycles. The number of amides is 1. The molecule has 132 valence electrons. The topological polar surface area (TPSA) is 62.4 Å². The molecule has 2 aromatic rings. The first-order valence-electron chi connectivity index (χ1n) is 9.27. The summed E-state index contributed by atoms with van der Waals surface area (Å²) in [5.41, 5.74) is 4.21. The van der Waals surface area contributed by atoms with Crippen molar-refractivity contribution in [1.29, 1.82) is 0 Å². The van der Waals surface area contributed by atoms with Gasteiger partial charge >= 0.3 is 5.97 Å². The predicted octanol–water partition coefficient (Wildman–Crippen LogP) is 3.21. The Labute approximate surface area is 147 Å². The molecule has 5 heteroatoms. The van der Waals surface area contributed by atoms with Crippen LogP contribution in [0, 0.1) is 0 Å². The highest BCUT2D eigenvalue weighted by molar-refractivity contribution is 5.97. The summed E-state index contributed by atoms with van der Waals surface area (Å²) in [5.74, 6) is -0.515. The number of likely N-dealkylation sites (tertiary alicyclic amines) is 1. The van der Waals surface area contributed by atoms with Gasteiger partial charge in [0.25, 0.3) is 5.91 Å². The molecule has 1 aromatic heterocycles. The SMILES string of the molecule is C[C@@H](OC(=O)c1ccc2[nH]c3c(c2c1)CCCC3)C(=O)N1CCCC1. The van der Waals surface area contributed by atoms with E-state index in [2.05, 4.69) is 4.98 Å². The lowest BCUT2D eigenvalue weighted by Gasteiger charge is -2.20. The maximum absolute atomic E-state index is 12.5. The molecule has 2 aliphatic rings. The first kappa shape index (κ1) is 16.2. The second-order valence-corrected chi connectivity index (χ2v) is 7.13. The minimum Gasteiger partial charge on any atom is -0.449 e. The van der Waals surface area contributed by atoms with Crippen LogP contribution in [0.5, 0.6) is 0 Å². The van der Waals surface area contributed by atoms with Gasteiger partial charge in [-0.05, 0) is 69.2 Å². The predicted molar refractivity (Wildman–Crippen MR) is 95.6 cm³/mol. The second-order valence-electron chi connectivity index (χ2n) is 7.13. The minimum absolute atomic E-state index is 0.0917. The fraction of sp³-hybridized carbons (Fsp3) is 0.500. The maximum atomic E-state index is 12.5. The van der Waals surface area contributed by atoms with Crippen molar-refractivity contribution in [3.05, 3.63) is 35.0 Å². The number of esters is 1. The van der Waals surface area contributed by atoms with Crippen LogP contribution in [0.3, 0.4) is 0 Å². The zero-order valence-electron chi connectivity index (χ0n) is 14.6. The number of aryl methyl sites for hydroxylation is 2. The quantitative estimate of drug-likeness (QED) is 0.873. The van der Waals surface area contributed by atoms with Crippen LogP contribution in [-0.4, -0.2) is 41.0 Å². The Morgan fingerprint density at radius 2 is 1.88 bits per heavy atom. The molecule has 1 N–H and O–H groups in total. The molecule has 5 nitrogen and oxygen atoms in total. The van der Waals surface area contributed by atoms with Crippen LogP contribution in [0.1, 0.15) is 54.2 Å². The molecule has 0 saturated carbocycles. The van der Waals surface area contributed by atoms with E-state index in [-0.39, 0.29) is 5.91 Å². The van der Waals surface area contributed by atoms with Crippen molar-refractivity contribution >= 4 is 22.8 Å². The molecular formula is C20H24N2O3. The van der Waals surface area contributed by atoms with E-state index in [0.717, 1.165) is 49.7 Å². The summed E-state index contributed by atoms with van der Waals surface area (Å²) in [6.45, 7) is 3.19. The van der Waals surface area contributed by atoms with Crippen LogP contribution in [-0.2, 0) is 22.4 Å². The van der Waals surface area contributed by atoms with Crippen LogP contribution in [0.25, 0.3) is 10.9 Å². The zero-order valence-corrected chi connectivity index (χ0v) is 14.6. The summed E-state index contributed by atoms with van der Waals surface area (Å²) in [7, 11) is 0. The molecule has 1 saturated heterocycles. The van der Waals surface area contributed by atoms with Gasteiger partial charge in [-0.3, -0.25) is 4.79 Å². The number of hydrogen-bond acceptors (Lipinski definition) is 3. The number of fused-ring (bicyclic) bond motifs is 3. The van der Waals surface area contributed by atoms with Gasteiger partial charge in [-0.2, -0.15) is 0 Å². The Morgan fingerprint density at radius 3 is 2.68 bits per heavy atom. The second kappa shape index (κ2) is 6.54. The van der Waals surface area contributed by atoms with Crippen LogP contribution >= 0.6 is 0 Å². The van der Waals surface area contributed by atoms with E-state index in [0.29, 0.717) is 5.56 Å². The van der Waals surface area contributed by atoms with Crippen molar-refractivity contribution in [3.8, 4) is 0 Å². The molecular weight excluding hydrogens is 316 g/mol. The summed E-state index contributed by atoms with van der Waals surface area (Å²) in [6, 6.07) is 5.63. The van der Waals surface area contributed by atoms with E-state index in [9.17, 15) is 9.59 Å². The summed E-state index contributed by atoms with van der Waals surface area (Å²) in [6.07, 6.45) is 5.86. The molecule has 4 rings (SSSR count). The lowest BCUT2D eigenvalue weighted by atomic mass is 9.95. The first-order valence-corrected chi connectivity index (χ1v) is 9.27.